The molecule has 3 fully saturated rings. The first-order chi connectivity index (χ1) is 10.8. The van der Waals surface area contributed by atoms with Gasteiger partial charge in [-0.15, -0.1) is 0 Å². The summed E-state index contributed by atoms with van der Waals surface area (Å²) < 4.78 is 0. The van der Waals surface area contributed by atoms with Crippen molar-refractivity contribution >= 4 is 0 Å². The van der Waals surface area contributed by atoms with Crippen LogP contribution in [0.15, 0.2) is 0 Å². The molecular weight excluding hydrogens is 268 g/mol. The SMILES string of the molecule is CCCCCCCCCCN(CCN)C12CCC(CC1)CC2. The Kier molecular flexibility index (Phi) is 8.24. The third-order valence-corrected chi connectivity index (χ3v) is 6.41. The monoisotopic (exact) mass is 308 g/mol. The van der Waals surface area contributed by atoms with Crippen LogP contribution in [0.2, 0.25) is 0 Å². The summed E-state index contributed by atoms with van der Waals surface area (Å²) in [5.74, 6) is 1.06. The van der Waals surface area contributed by atoms with E-state index in [4.69, 9.17) is 5.73 Å². The summed E-state index contributed by atoms with van der Waals surface area (Å²) in [4.78, 5) is 2.81. The van der Waals surface area contributed by atoms with Crippen LogP contribution in [0.25, 0.3) is 0 Å². The predicted octanol–water partition coefficient (Wildman–Crippen LogP) is 5.11. The molecule has 22 heavy (non-hydrogen) atoms. The molecule has 0 spiro atoms. The lowest BCUT2D eigenvalue weighted by Gasteiger charge is -2.53. The summed E-state index contributed by atoms with van der Waals surface area (Å²) in [7, 11) is 0. The standard InChI is InChI=1S/C20H40N2/c1-2-3-4-5-6-7-8-9-17-22(18-16-21)20-13-10-19(11-14-20)12-15-20/h19H,2-18,21H2,1H3. The quantitative estimate of drug-likeness (QED) is 0.508. The molecule has 0 amide bonds. The predicted molar refractivity (Wildman–Crippen MR) is 97.2 cm³/mol. The van der Waals surface area contributed by atoms with Crippen molar-refractivity contribution in [1.29, 1.82) is 0 Å². The summed E-state index contributed by atoms with van der Waals surface area (Å²) >= 11 is 0. The van der Waals surface area contributed by atoms with Crippen molar-refractivity contribution in [2.75, 3.05) is 19.6 Å². The fourth-order valence-electron chi connectivity index (χ4n) is 4.88. The molecular formula is C20H40N2. The minimum atomic E-state index is 0.551. The van der Waals surface area contributed by atoms with Crippen LogP contribution in [0.1, 0.15) is 96.8 Å². The van der Waals surface area contributed by atoms with Gasteiger partial charge in [0.1, 0.15) is 0 Å². The highest BCUT2D eigenvalue weighted by atomic mass is 15.2. The fraction of sp³-hybridized carbons (Fsp3) is 1.00. The highest BCUT2D eigenvalue weighted by Crippen LogP contribution is 2.47. The number of nitrogens with zero attached hydrogens (tertiary/aromatic N) is 1. The third-order valence-electron chi connectivity index (χ3n) is 6.41. The Bertz CT molecular complexity index is 268. The van der Waals surface area contributed by atoms with E-state index in [9.17, 15) is 0 Å². The number of fused-ring (bicyclic) bond motifs is 3. The molecule has 3 aliphatic rings. The van der Waals surface area contributed by atoms with Crippen LogP contribution in [0.3, 0.4) is 0 Å². The van der Waals surface area contributed by atoms with Crippen molar-refractivity contribution < 1.29 is 0 Å². The van der Waals surface area contributed by atoms with Gasteiger partial charge in [0, 0.05) is 18.6 Å². The van der Waals surface area contributed by atoms with Crippen molar-refractivity contribution in [2.24, 2.45) is 11.7 Å². The van der Waals surface area contributed by atoms with Crippen LogP contribution in [0.5, 0.6) is 0 Å². The van der Waals surface area contributed by atoms with E-state index in [1.807, 2.05) is 0 Å². The van der Waals surface area contributed by atoms with E-state index >= 15 is 0 Å². The molecule has 3 rings (SSSR count). The topological polar surface area (TPSA) is 29.3 Å². The first-order valence-corrected chi connectivity index (χ1v) is 10.3. The highest BCUT2D eigenvalue weighted by Gasteiger charge is 2.43. The van der Waals surface area contributed by atoms with Crippen LogP contribution >= 0.6 is 0 Å². The molecule has 0 atom stereocenters. The van der Waals surface area contributed by atoms with Crippen LogP contribution in [0.4, 0.5) is 0 Å². The molecule has 3 aliphatic carbocycles. The van der Waals surface area contributed by atoms with Crippen LogP contribution in [0, 0.1) is 5.92 Å². The average molecular weight is 309 g/mol. The van der Waals surface area contributed by atoms with Gasteiger partial charge >= 0.3 is 0 Å². The van der Waals surface area contributed by atoms with Gasteiger partial charge in [-0.25, -0.2) is 0 Å². The fourth-order valence-corrected chi connectivity index (χ4v) is 4.88. The molecule has 2 nitrogen and oxygen atoms in total. The maximum Gasteiger partial charge on any atom is 0.0210 e. The Labute approximate surface area is 139 Å². The van der Waals surface area contributed by atoms with E-state index in [0.717, 1.165) is 19.0 Å². The van der Waals surface area contributed by atoms with Crippen LogP contribution in [-0.4, -0.2) is 30.1 Å². The normalized spacial score (nSPS) is 27.7. The smallest absolute Gasteiger partial charge is 0.0210 e. The number of rotatable bonds is 12. The molecule has 3 saturated carbocycles. The van der Waals surface area contributed by atoms with Crippen molar-refractivity contribution in [2.45, 2.75) is 102 Å². The highest BCUT2D eigenvalue weighted by molar-refractivity contribution is 4.99. The number of unbranched alkanes of at least 4 members (excludes halogenated alkanes) is 7. The zero-order chi connectivity index (χ0) is 15.7. The summed E-state index contributed by atoms with van der Waals surface area (Å²) in [6.45, 7) is 5.56. The number of hydrogen-bond acceptors (Lipinski definition) is 2. The van der Waals surface area contributed by atoms with Gasteiger partial charge in [-0.05, 0) is 57.4 Å². The Morgan fingerprint density at radius 1 is 0.818 bits per heavy atom. The van der Waals surface area contributed by atoms with Gasteiger partial charge in [0.05, 0.1) is 0 Å². The zero-order valence-corrected chi connectivity index (χ0v) is 15.1. The molecule has 0 radical (unpaired) electrons. The van der Waals surface area contributed by atoms with E-state index < -0.39 is 0 Å². The van der Waals surface area contributed by atoms with E-state index in [2.05, 4.69) is 11.8 Å². The molecule has 0 unspecified atom stereocenters. The largest absolute Gasteiger partial charge is 0.329 e. The van der Waals surface area contributed by atoms with E-state index in [1.165, 1.54) is 96.4 Å². The maximum absolute atomic E-state index is 5.92. The maximum atomic E-state index is 5.92. The Morgan fingerprint density at radius 3 is 1.91 bits per heavy atom. The lowest BCUT2D eigenvalue weighted by molar-refractivity contribution is -0.0107. The summed E-state index contributed by atoms with van der Waals surface area (Å²) in [6.07, 6.45) is 20.2. The van der Waals surface area contributed by atoms with Gasteiger partial charge in [0.25, 0.3) is 0 Å². The third kappa shape index (κ3) is 5.23. The van der Waals surface area contributed by atoms with Gasteiger partial charge in [-0.3, -0.25) is 4.90 Å². The summed E-state index contributed by atoms with van der Waals surface area (Å²) in [5, 5.41) is 0. The van der Waals surface area contributed by atoms with Crippen LogP contribution < -0.4 is 5.73 Å². The summed E-state index contributed by atoms with van der Waals surface area (Å²) in [5.41, 5.74) is 6.47. The van der Waals surface area contributed by atoms with Gasteiger partial charge < -0.3 is 5.73 Å². The second-order valence-corrected chi connectivity index (χ2v) is 7.96. The molecule has 0 aromatic carbocycles. The molecule has 2 N–H and O–H groups in total. The van der Waals surface area contributed by atoms with Crippen molar-refractivity contribution in [3.63, 3.8) is 0 Å². The second kappa shape index (κ2) is 9.93. The zero-order valence-electron chi connectivity index (χ0n) is 15.1. The first kappa shape index (κ1) is 18.3. The van der Waals surface area contributed by atoms with Gasteiger partial charge in [0.2, 0.25) is 0 Å². The molecule has 2 heteroatoms. The minimum Gasteiger partial charge on any atom is -0.329 e. The molecule has 130 valence electrons. The van der Waals surface area contributed by atoms with Gasteiger partial charge in [-0.1, -0.05) is 51.9 Å². The van der Waals surface area contributed by atoms with Crippen molar-refractivity contribution in [3.8, 4) is 0 Å². The molecule has 0 aromatic heterocycles. The molecule has 0 aliphatic heterocycles. The lowest BCUT2D eigenvalue weighted by atomic mass is 9.65. The Balaban J connectivity index is 1.64. The van der Waals surface area contributed by atoms with Crippen molar-refractivity contribution in [3.05, 3.63) is 0 Å². The first-order valence-electron chi connectivity index (χ1n) is 10.3. The van der Waals surface area contributed by atoms with E-state index in [1.54, 1.807) is 0 Å². The molecule has 2 bridgehead atoms. The van der Waals surface area contributed by atoms with Crippen molar-refractivity contribution in [1.82, 2.24) is 4.90 Å². The van der Waals surface area contributed by atoms with E-state index in [-0.39, 0.29) is 0 Å². The molecule has 0 heterocycles. The van der Waals surface area contributed by atoms with Crippen LogP contribution in [-0.2, 0) is 0 Å². The lowest BCUT2D eigenvalue weighted by Crippen LogP contribution is -2.55. The molecule has 0 saturated heterocycles. The molecule has 0 aromatic rings. The number of nitrogens with two attached hydrogens (primary N) is 1. The van der Waals surface area contributed by atoms with Gasteiger partial charge in [0.15, 0.2) is 0 Å². The number of hydrogen-bond donors (Lipinski definition) is 1. The Hall–Kier alpha value is -0.0800. The van der Waals surface area contributed by atoms with Gasteiger partial charge in [-0.2, -0.15) is 0 Å². The van der Waals surface area contributed by atoms with E-state index in [0.29, 0.717) is 5.54 Å². The average Bonchev–Trinajstić information content (AvgIpc) is 2.58. The second-order valence-electron chi connectivity index (χ2n) is 7.96. The Morgan fingerprint density at radius 2 is 1.36 bits per heavy atom. The summed E-state index contributed by atoms with van der Waals surface area (Å²) in [6, 6.07) is 0. The minimum absolute atomic E-state index is 0.551.